The molecule has 1 aliphatic rings. The number of piperidine rings is 1. The average molecular weight is 269 g/mol. The lowest BCUT2D eigenvalue weighted by Gasteiger charge is -2.38. The Kier molecular flexibility index (Phi) is 5.65. The van der Waals surface area contributed by atoms with Crippen molar-refractivity contribution in [3.8, 4) is 0 Å². The van der Waals surface area contributed by atoms with E-state index < -0.39 is 0 Å². The molecule has 0 bridgehead atoms. The van der Waals surface area contributed by atoms with Crippen LogP contribution in [0.4, 0.5) is 0 Å². The van der Waals surface area contributed by atoms with Crippen LogP contribution in [0.15, 0.2) is 5.16 Å². The van der Waals surface area contributed by atoms with Gasteiger partial charge in [-0.3, -0.25) is 0 Å². The Morgan fingerprint density at radius 3 is 2.63 bits per heavy atom. The predicted molar refractivity (Wildman–Crippen MR) is 80.5 cm³/mol. The van der Waals surface area contributed by atoms with Crippen LogP contribution in [0.3, 0.4) is 0 Å². The van der Waals surface area contributed by atoms with Gasteiger partial charge in [0.25, 0.3) is 0 Å². The topological polar surface area (TPSA) is 61.8 Å². The summed E-state index contributed by atoms with van der Waals surface area (Å²) in [5.74, 6) is 0.339. The second-order valence-corrected chi connectivity index (χ2v) is 7.37. The number of amidine groups is 1. The number of hydrogen-bond acceptors (Lipinski definition) is 3. The van der Waals surface area contributed by atoms with Crippen molar-refractivity contribution in [1.29, 1.82) is 0 Å². The summed E-state index contributed by atoms with van der Waals surface area (Å²) < 4.78 is 0. The van der Waals surface area contributed by atoms with Gasteiger partial charge in [-0.25, -0.2) is 0 Å². The van der Waals surface area contributed by atoms with Crippen LogP contribution in [0.2, 0.25) is 0 Å². The Hall–Kier alpha value is -0.770. The van der Waals surface area contributed by atoms with Crippen LogP contribution in [-0.2, 0) is 0 Å². The number of nitrogens with zero attached hydrogens (tertiary/aromatic N) is 2. The third-order valence-corrected chi connectivity index (χ3v) is 4.31. The first kappa shape index (κ1) is 16.3. The molecule has 0 aliphatic carbocycles. The Labute approximate surface area is 118 Å². The molecule has 1 heterocycles. The van der Waals surface area contributed by atoms with Gasteiger partial charge in [-0.05, 0) is 44.2 Å². The number of nitrogens with two attached hydrogens (primary N) is 1. The monoisotopic (exact) mass is 269 g/mol. The third-order valence-electron chi connectivity index (χ3n) is 4.31. The van der Waals surface area contributed by atoms with Gasteiger partial charge in [-0.15, -0.1) is 0 Å². The summed E-state index contributed by atoms with van der Waals surface area (Å²) in [5, 5.41) is 11.9. The Morgan fingerprint density at radius 1 is 1.37 bits per heavy atom. The van der Waals surface area contributed by atoms with E-state index in [0.717, 1.165) is 12.8 Å². The van der Waals surface area contributed by atoms with Gasteiger partial charge in [0.15, 0.2) is 0 Å². The molecule has 0 spiro atoms. The van der Waals surface area contributed by atoms with Crippen LogP contribution >= 0.6 is 0 Å². The molecule has 0 saturated carbocycles. The van der Waals surface area contributed by atoms with Crippen LogP contribution in [0, 0.1) is 10.8 Å². The van der Waals surface area contributed by atoms with Crippen molar-refractivity contribution in [2.45, 2.75) is 59.8 Å². The molecule has 19 heavy (non-hydrogen) atoms. The molecule has 0 radical (unpaired) electrons. The highest BCUT2D eigenvalue weighted by Crippen LogP contribution is 2.29. The van der Waals surface area contributed by atoms with E-state index in [0.29, 0.717) is 11.3 Å². The van der Waals surface area contributed by atoms with Gasteiger partial charge in [0.2, 0.25) is 0 Å². The van der Waals surface area contributed by atoms with Crippen molar-refractivity contribution in [3.05, 3.63) is 0 Å². The zero-order valence-corrected chi connectivity index (χ0v) is 13.1. The van der Waals surface area contributed by atoms with E-state index in [2.05, 4.69) is 23.9 Å². The maximum absolute atomic E-state index is 8.74. The van der Waals surface area contributed by atoms with Crippen LogP contribution in [0.25, 0.3) is 0 Å². The molecule has 4 heteroatoms. The summed E-state index contributed by atoms with van der Waals surface area (Å²) in [5.41, 5.74) is 5.98. The molecular formula is C15H31N3O. The summed E-state index contributed by atoms with van der Waals surface area (Å²) in [4.78, 5) is 2.58. The molecule has 0 aromatic rings. The predicted octanol–water partition coefficient (Wildman–Crippen LogP) is 3.05. The number of rotatable bonds is 6. The second kappa shape index (κ2) is 6.60. The quantitative estimate of drug-likeness (QED) is 0.256. The average Bonchev–Trinajstić information content (AvgIpc) is 2.32. The molecule has 0 unspecified atom stereocenters. The number of oxime groups is 1. The zero-order chi connectivity index (χ0) is 14.5. The lowest BCUT2D eigenvalue weighted by Crippen LogP contribution is -2.40. The zero-order valence-electron chi connectivity index (χ0n) is 13.1. The van der Waals surface area contributed by atoms with Crippen molar-refractivity contribution < 1.29 is 5.21 Å². The fourth-order valence-corrected chi connectivity index (χ4v) is 2.90. The molecule has 0 aromatic heterocycles. The van der Waals surface area contributed by atoms with E-state index in [-0.39, 0.29) is 5.41 Å². The van der Waals surface area contributed by atoms with Crippen molar-refractivity contribution >= 4 is 5.84 Å². The maximum Gasteiger partial charge on any atom is 0.144 e. The first-order valence-corrected chi connectivity index (χ1v) is 7.47. The molecular weight excluding hydrogens is 238 g/mol. The molecule has 1 rings (SSSR count). The van der Waals surface area contributed by atoms with Crippen LogP contribution in [0.1, 0.15) is 59.8 Å². The van der Waals surface area contributed by atoms with E-state index >= 15 is 0 Å². The highest BCUT2D eigenvalue weighted by Gasteiger charge is 2.26. The van der Waals surface area contributed by atoms with Crippen molar-refractivity contribution in [2.24, 2.45) is 21.7 Å². The summed E-state index contributed by atoms with van der Waals surface area (Å²) in [6, 6.07) is 0. The Balaban J connectivity index is 2.24. The van der Waals surface area contributed by atoms with Gasteiger partial charge in [0, 0.05) is 12.0 Å². The molecule has 1 aliphatic heterocycles. The minimum atomic E-state index is -0.198. The highest BCUT2D eigenvalue weighted by atomic mass is 16.4. The summed E-state index contributed by atoms with van der Waals surface area (Å²) in [7, 11) is 0. The molecule has 1 saturated heterocycles. The minimum Gasteiger partial charge on any atom is -0.409 e. The summed E-state index contributed by atoms with van der Waals surface area (Å²) in [6.07, 6.45) is 5.96. The molecule has 4 nitrogen and oxygen atoms in total. The fraction of sp³-hybridized carbons (Fsp3) is 0.933. The van der Waals surface area contributed by atoms with E-state index in [1.54, 1.807) is 0 Å². The van der Waals surface area contributed by atoms with Crippen molar-refractivity contribution in [1.82, 2.24) is 4.90 Å². The van der Waals surface area contributed by atoms with E-state index in [4.69, 9.17) is 10.9 Å². The van der Waals surface area contributed by atoms with Crippen molar-refractivity contribution in [3.63, 3.8) is 0 Å². The van der Waals surface area contributed by atoms with Gasteiger partial charge in [0.05, 0.1) is 0 Å². The van der Waals surface area contributed by atoms with E-state index in [1.165, 1.54) is 38.9 Å². The number of likely N-dealkylation sites (tertiary alicyclic amines) is 1. The second-order valence-electron chi connectivity index (χ2n) is 7.37. The Bertz CT molecular complexity index is 311. The van der Waals surface area contributed by atoms with Crippen LogP contribution in [0.5, 0.6) is 0 Å². The maximum atomic E-state index is 8.74. The summed E-state index contributed by atoms with van der Waals surface area (Å²) >= 11 is 0. The minimum absolute atomic E-state index is 0.198. The van der Waals surface area contributed by atoms with E-state index in [1.807, 2.05) is 13.8 Å². The van der Waals surface area contributed by atoms with Gasteiger partial charge < -0.3 is 15.8 Å². The lowest BCUT2D eigenvalue weighted by atomic mass is 9.83. The normalized spacial score (nSPS) is 21.6. The largest absolute Gasteiger partial charge is 0.409 e. The molecule has 1 fully saturated rings. The lowest BCUT2D eigenvalue weighted by molar-refractivity contribution is 0.115. The standard InChI is InChI=1S/C15H31N3O/c1-14(2)8-7-11-18(12-14)10-6-5-9-15(3,4)13(16)17-19/h19H,5-12H2,1-4H3,(H2,16,17). The van der Waals surface area contributed by atoms with Gasteiger partial charge in [-0.2, -0.15) is 0 Å². The first-order valence-electron chi connectivity index (χ1n) is 7.47. The van der Waals surface area contributed by atoms with Crippen LogP contribution < -0.4 is 5.73 Å². The fourth-order valence-electron chi connectivity index (χ4n) is 2.90. The SMILES string of the molecule is CC1(C)CCCN(CCCCC(C)(C)C(N)=NO)C1. The van der Waals surface area contributed by atoms with Gasteiger partial charge in [-0.1, -0.05) is 39.3 Å². The molecule has 0 atom stereocenters. The molecule has 3 N–H and O–H groups in total. The number of unbranched alkanes of at least 4 members (excludes halogenated alkanes) is 1. The third kappa shape index (κ3) is 5.39. The summed E-state index contributed by atoms with van der Waals surface area (Å²) in [6.45, 7) is 12.4. The van der Waals surface area contributed by atoms with Gasteiger partial charge in [0.1, 0.15) is 5.84 Å². The van der Waals surface area contributed by atoms with Crippen LogP contribution in [-0.4, -0.2) is 35.6 Å². The first-order chi connectivity index (χ1) is 8.77. The Morgan fingerprint density at radius 2 is 2.05 bits per heavy atom. The van der Waals surface area contributed by atoms with Crippen molar-refractivity contribution in [2.75, 3.05) is 19.6 Å². The molecule has 0 amide bonds. The smallest absolute Gasteiger partial charge is 0.144 e. The molecule has 0 aromatic carbocycles. The van der Waals surface area contributed by atoms with Gasteiger partial charge >= 0.3 is 0 Å². The number of hydrogen-bond donors (Lipinski definition) is 2. The van der Waals surface area contributed by atoms with E-state index in [9.17, 15) is 0 Å². The highest BCUT2D eigenvalue weighted by molar-refractivity contribution is 5.85. The molecule has 112 valence electrons.